The minimum atomic E-state index is 0.709. The summed E-state index contributed by atoms with van der Waals surface area (Å²) in [6.45, 7) is 3.01. The van der Waals surface area contributed by atoms with Crippen LogP contribution in [0.3, 0.4) is 0 Å². The number of hydrogen-bond acceptors (Lipinski definition) is 2. The zero-order chi connectivity index (χ0) is 15.9. The SMILES string of the molecule is CN=C(NCCc1ccco1)N1CCC(Cc2ccccc2)C1. The van der Waals surface area contributed by atoms with Crippen molar-refractivity contribution in [2.24, 2.45) is 10.9 Å². The van der Waals surface area contributed by atoms with Crippen LogP contribution in [0.5, 0.6) is 0 Å². The van der Waals surface area contributed by atoms with Crippen molar-refractivity contribution in [3.05, 3.63) is 60.1 Å². The summed E-state index contributed by atoms with van der Waals surface area (Å²) in [7, 11) is 1.86. The van der Waals surface area contributed by atoms with Gasteiger partial charge in [-0.2, -0.15) is 0 Å². The molecule has 3 rings (SSSR count). The van der Waals surface area contributed by atoms with Crippen LogP contribution in [-0.4, -0.2) is 37.5 Å². The van der Waals surface area contributed by atoms with Crippen molar-refractivity contribution in [1.29, 1.82) is 0 Å². The van der Waals surface area contributed by atoms with Gasteiger partial charge in [-0.3, -0.25) is 4.99 Å². The van der Waals surface area contributed by atoms with E-state index in [-0.39, 0.29) is 0 Å². The van der Waals surface area contributed by atoms with Crippen LogP contribution < -0.4 is 5.32 Å². The molecule has 23 heavy (non-hydrogen) atoms. The Labute approximate surface area is 138 Å². The van der Waals surface area contributed by atoms with Crippen LogP contribution in [-0.2, 0) is 12.8 Å². The van der Waals surface area contributed by atoms with Gasteiger partial charge in [-0.15, -0.1) is 0 Å². The zero-order valence-corrected chi connectivity index (χ0v) is 13.7. The average molecular weight is 311 g/mol. The number of benzene rings is 1. The summed E-state index contributed by atoms with van der Waals surface area (Å²) in [6.07, 6.45) is 4.99. The third kappa shape index (κ3) is 4.38. The van der Waals surface area contributed by atoms with E-state index >= 15 is 0 Å². The number of rotatable bonds is 5. The molecular formula is C19H25N3O. The number of likely N-dealkylation sites (tertiary alicyclic amines) is 1. The summed E-state index contributed by atoms with van der Waals surface area (Å²) < 4.78 is 5.36. The summed E-state index contributed by atoms with van der Waals surface area (Å²) >= 11 is 0. The molecule has 1 saturated heterocycles. The normalized spacial score (nSPS) is 18.4. The highest BCUT2D eigenvalue weighted by Crippen LogP contribution is 2.20. The monoisotopic (exact) mass is 311 g/mol. The van der Waals surface area contributed by atoms with Crippen LogP contribution in [0.1, 0.15) is 17.7 Å². The molecule has 1 unspecified atom stereocenters. The van der Waals surface area contributed by atoms with Crippen LogP contribution in [0, 0.1) is 5.92 Å². The maximum absolute atomic E-state index is 5.36. The molecule has 2 aromatic rings. The Balaban J connectivity index is 1.46. The molecule has 1 aliphatic heterocycles. The van der Waals surface area contributed by atoms with Gasteiger partial charge in [0.2, 0.25) is 0 Å². The van der Waals surface area contributed by atoms with Gasteiger partial charge in [-0.1, -0.05) is 30.3 Å². The van der Waals surface area contributed by atoms with Crippen LogP contribution in [0.2, 0.25) is 0 Å². The molecule has 1 aromatic carbocycles. The number of hydrogen-bond donors (Lipinski definition) is 1. The summed E-state index contributed by atoms with van der Waals surface area (Å²) in [6, 6.07) is 14.7. The molecule has 122 valence electrons. The first-order valence-corrected chi connectivity index (χ1v) is 8.37. The summed E-state index contributed by atoms with van der Waals surface area (Å²) in [5, 5.41) is 3.45. The molecular weight excluding hydrogens is 286 g/mol. The lowest BCUT2D eigenvalue weighted by Gasteiger charge is -2.21. The van der Waals surface area contributed by atoms with E-state index < -0.39 is 0 Å². The number of aliphatic imine (C=N–C) groups is 1. The predicted octanol–water partition coefficient (Wildman–Crippen LogP) is 2.96. The molecule has 1 atom stereocenters. The van der Waals surface area contributed by atoms with E-state index in [9.17, 15) is 0 Å². The van der Waals surface area contributed by atoms with Crippen molar-refractivity contribution in [2.75, 3.05) is 26.7 Å². The molecule has 4 heteroatoms. The number of guanidine groups is 1. The molecule has 4 nitrogen and oxygen atoms in total. The number of nitrogens with zero attached hydrogens (tertiary/aromatic N) is 2. The standard InChI is InChI=1S/C19H25N3O/c1-20-19(21-11-9-18-8-5-13-23-18)22-12-10-17(15-22)14-16-6-3-2-4-7-16/h2-8,13,17H,9-12,14-15H2,1H3,(H,20,21). The smallest absolute Gasteiger partial charge is 0.193 e. The van der Waals surface area contributed by atoms with Gasteiger partial charge in [0.05, 0.1) is 6.26 Å². The molecule has 0 spiro atoms. The van der Waals surface area contributed by atoms with E-state index in [0.717, 1.165) is 44.2 Å². The Morgan fingerprint density at radius 2 is 2.13 bits per heavy atom. The van der Waals surface area contributed by atoms with Crippen molar-refractivity contribution in [3.8, 4) is 0 Å². The van der Waals surface area contributed by atoms with Crippen LogP contribution in [0.25, 0.3) is 0 Å². The fourth-order valence-electron chi connectivity index (χ4n) is 3.22. The maximum Gasteiger partial charge on any atom is 0.193 e. The molecule has 1 fully saturated rings. The van der Waals surface area contributed by atoms with E-state index in [0.29, 0.717) is 5.92 Å². The largest absolute Gasteiger partial charge is 0.469 e. The van der Waals surface area contributed by atoms with Crippen molar-refractivity contribution in [3.63, 3.8) is 0 Å². The van der Waals surface area contributed by atoms with Crippen LogP contribution in [0.15, 0.2) is 58.1 Å². The van der Waals surface area contributed by atoms with Gasteiger partial charge in [-0.05, 0) is 36.5 Å². The minimum absolute atomic E-state index is 0.709. The Bertz CT molecular complexity index is 607. The molecule has 1 aliphatic rings. The molecule has 0 saturated carbocycles. The van der Waals surface area contributed by atoms with E-state index in [1.54, 1.807) is 6.26 Å². The second-order valence-electron chi connectivity index (χ2n) is 6.09. The highest BCUT2D eigenvalue weighted by atomic mass is 16.3. The molecule has 2 heterocycles. The quantitative estimate of drug-likeness (QED) is 0.682. The van der Waals surface area contributed by atoms with Crippen molar-refractivity contribution in [1.82, 2.24) is 10.2 Å². The van der Waals surface area contributed by atoms with E-state index in [1.165, 1.54) is 12.0 Å². The van der Waals surface area contributed by atoms with Gasteiger partial charge in [0.25, 0.3) is 0 Å². The Morgan fingerprint density at radius 1 is 1.26 bits per heavy atom. The average Bonchev–Trinajstić information content (AvgIpc) is 3.25. The Kier molecular flexibility index (Phi) is 5.35. The lowest BCUT2D eigenvalue weighted by atomic mass is 9.99. The summed E-state index contributed by atoms with van der Waals surface area (Å²) in [4.78, 5) is 6.80. The second-order valence-corrected chi connectivity index (χ2v) is 6.09. The van der Waals surface area contributed by atoms with Crippen LogP contribution >= 0.6 is 0 Å². The topological polar surface area (TPSA) is 40.8 Å². The van der Waals surface area contributed by atoms with Gasteiger partial charge >= 0.3 is 0 Å². The molecule has 0 bridgehead atoms. The lowest BCUT2D eigenvalue weighted by Crippen LogP contribution is -2.40. The fourth-order valence-corrected chi connectivity index (χ4v) is 3.22. The Morgan fingerprint density at radius 3 is 2.87 bits per heavy atom. The third-order valence-electron chi connectivity index (χ3n) is 4.40. The van der Waals surface area contributed by atoms with Gasteiger partial charge < -0.3 is 14.6 Å². The number of nitrogens with one attached hydrogen (secondary N) is 1. The van der Waals surface area contributed by atoms with Crippen LogP contribution in [0.4, 0.5) is 0 Å². The van der Waals surface area contributed by atoms with E-state index in [1.807, 2.05) is 19.2 Å². The van der Waals surface area contributed by atoms with E-state index in [4.69, 9.17) is 4.42 Å². The predicted molar refractivity (Wildman–Crippen MR) is 93.6 cm³/mol. The maximum atomic E-state index is 5.36. The fraction of sp³-hybridized carbons (Fsp3) is 0.421. The Hall–Kier alpha value is -2.23. The minimum Gasteiger partial charge on any atom is -0.469 e. The molecule has 0 amide bonds. The van der Waals surface area contributed by atoms with Gasteiger partial charge in [-0.25, -0.2) is 0 Å². The first-order chi connectivity index (χ1) is 11.3. The summed E-state index contributed by atoms with van der Waals surface area (Å²) in [5.41, 5.74) is 1.43. The molecule has 1 N–H and O–H groups in total. The van der Waals surface area contributed by atoms with Crippen molar-refractivity contribution in [2.45, 2.75) is 19.3 Å². The molecule has 0 radical (unpaired) electrons. The lowest BCUT2D eigenvalue weighted by molar-refractivity contribution is 0.456. The van der Waals surface area contributed by atoms with Crippen molar-refractivity contribution >= 4 is 5.96 Å². The number of furan rings is 1. The molecule has 0 aliphatic carbocycles. The highest BCUT2D eigenvalue weighted by molar-refractivity contribution is 5.80. The van der Waals surface area contributed by atoms with Gasteiger partial charge in [0, 0.05) is 33.1 Å². The highest BCUT2D eigenvalue weighted by Gasteiger charge is 2.24. The third-order valence-corrected chi connectivity index (χ3v) is 4.40. The van der Waals surface area contributed by atoms with Gasteiger partial charge in [0.1, 0.15) is 5.76 Å². The summed E-state index contributed by atoms with van der Waals surface area (Å²) in [5.74, 6) is 2.73. The van der Waals surface area contributed by atoms with Crippen molar-refractivity contribution < 1.29 is 4.42 Å². The zero-order valence-electron chi connectivity index (χ0n) is 13.7. The second kappa shape index (κ2) is 7.86. The first kappa shape index (κ1) is 15.7. The first-order valence-electron chi connectivity index (χ1n) is 8.37. The van der Waals surface area contributed by atoms with Gasteiger partial charge in [0.15, 0.2) is 5.96 Å². The molecule has 1 aromatic heterocycles. The van der Waals surface area contributed by atoms with E-state index in [2.05, 4.69) is 45.5 Å².